The second-order valence-corrected chi connectivity index (χ2v) is 5.79. The number of fused-ring (bicyclic) bond motifs is 1. The molecule has 1 aromatic heterocycles. The van der Waals surface area contributed by atoms with Crippen LogP contribution < -0.4 is 10.2 Å². The van der Waals surface area contributed by atoms with Crippen LogP contribution in [0.15, 0.2) is 48.7 Å². The number of anilines is 2. The van der Waals surface area contributed by atoms with Crippen LogP contribution in [0, 0.1) is 0 Å². The van der Waals surface area contributed by atoms with E-state index in [0.717, 1.165) is 29.6 Å². The van der Waals surface area contributed by atoms with E-state index in [-0.39, 0.29) is 11.8 Å². The Kier molecular flexibility index (Phi) is 3.49. The Bertz CT molecular complexity index is 914. The Morgan fingerprint density at radius 2 is 2.00 bits per heavy atom. The Balaban J connectivity index is 1.54. The molecule has 0 saturated carbocycles. The van der Waals surface area contributed by atoms with E-state index in [4.69, 9.17) is 0 Å². The monoisotopic (exact) mass is 320 g/mol. The fourth-order valence-electron chi connectivity index (χ4n) is 2.98. The second kappa shape index (κ2) is 5.81. The molecule has 1 saturated heterocycles. The number of H-pyrrole nitrogens is 1. The third kappa shape index (κ3) is 2.52. The number of rotatable bonds is 3. The number of benzene rings is 2. The molecule has 0 spiro atoms. The molecule has 1 aliphatic heterocycles. The topological polar surface area (TPSA) is 78.1 Å². The minimum absolute atomic E-state index is 0.137. The number of aromatic nitrogens is 2. The summed E-state index contributed by atoms with van der Waals surface area (Å²) in [7, 11) is 0. The number of para-hydroxylation sites is 1. The molecule has 1 fully saturated rings. The van der Waals surface area contributed by atoms with Crippen LogP contribution in [0.1, 0.15) is 23.2 Å². The van der Waals surface area contributed by atoms with Crippen LogP contribution in [0.5, 0.6) is 0 Å². The van der Waals surface area contributed by atoms with Crippen molar-refractivity contribution >= 4 is 34.1 Å². The molecule has 0 unspecified atom stereocenters. The number of hydrogen-bond acceptors (Lipinski definition) is 3. The lowest BCUT2D eigenvalue weighted by atomic mass is 10.1. The molecule has 0 radical (unpaired) electrons. The lowest BCUT2D eigenvalue weighted by molar-refractivity contribution is -0.117. The molecule has 0 bridgehead atoms. The number of nitrogens with zero attached hydrogens (tertiary/aromatic N) is 2. The molecule has 0 atom stereocenters. The summed E-state index contributed by atoms with van der Waals surface area (Å²) in [4.78, 5) is 26.0. The first-order valence-electron chi connectivity index (χ1n) is 7.86. The van der Waals surface area contributed by atoms with Gasteiger partial charge in [-0.15, -0.1) is 0 Å². The van der Waals surface area contributed by atoms with E-state index < -0.39 is 0 Å². The summed E-state index contributed by atoms with van der Waals surface area (Å²) in [5.74, 6) is -0.0606. The van der Waals surface area contributed by atoms with E-state index in [1.165, 1.54) is 0 Å². The van der Waals surface area contributed by atoms with Gasteiger partial charge in [-0.2, -0.15) is 5.10 Å². The lowest BCUT2D eigenvalue weighted by Gasteiger charge is -2.15. The summed E-state index contributed by atoms with van der Waals surface area (Å²) in [6, 6.07) is 12.7. The van der Waals surface area contributed by atoms with Crippen molar-refractivity contribution in [3.05, 3.63) is 54.2 Å². The highest BCUT2D eigenvalue weighted by atomic mass is 16.2. The van der Waals surface area contributed by atoms with Gasteiger partial charge in [0, 0.05) is 29.6 Å². The number of hydrogen-bond donors (Lipinski definition) is 2. The van der Waals surface area contributed by atoms with Gasteiger partial charge >= 0.3 is 0 Å². The van der Waals surface area contributed by atoms with Crippen molar-refractivity contribution in [2.24, 2.45) is 0 Å². The fraction of sp³-hybridized carbons (Fsp3) is 0.167. The molecule has 1 aliphatic rings. The maximum absolute atomic E-state index is 12.5. The quantitative estimate of drug-likeness (QED) is 0.779. The van der Waals surface area contributed by atoms with Crippen LogP contribution in [-0.4, -0.2) is 28.6 Å². The average Bonchev–Trinajstić information content (AvgIpc) is 3.24. The minimum atomic E-state index is -0.198. The van der Waals surface area contributed by atoms with Gasteiger partial charge in [-0.25, -0.2) is 0 Å². The zero-order valence-corrected chi connectivity index (χ0v) is 13.0. The molecule has 24 heavy (non-hydrogen) atoms. The predicted octanol–water partition coefficient (Wildman–Crippen LogP) is 2.94. The van der Waals surface area contributed by atoms with E-state index in [9.17, 15) is 9.59 Å². The molecule has 120 valence electrons. The zero-order chi connectivity index (χ0) is 16.5. The third-order valence-electron chi connectivity index (χ3n) is 4.24. The fourth-order valence-corrected chi connectivity index (χ4v) is 2.98. The zero-order valence-electron chi connectivity index (χ0n) is 13.0. The van der Waals surface area contributed by atoms with Gasteiger partial charge in [0.1, 0.15) is 0 Å². The summed E-state index contributed by atoms with van der Waals surface area (Å²) >= 11 is 0. The van der Waals surface area contributed by atoms with E-state index in [1.54, 1.807) is 23.2 Å². The summed E-state index contributed by atoms with van der Waals surface area (Å²) < 4.78 is 0. The smallest absolute Gasteiger partial charge is 0.255 e. The summed E-state index contributed by atoms with van der Waals surface area (Å²) in [5, 5.41) is 10.7. The Morgan fingerprint density at radius 3 is 2.75 bits per heavy atom. The molecule has 2 aromatic carbocycles. The highest BCUT2D eigenvalue weighted by molar-refractivity contribution is 6.08. The SMILES string of the molecule is O=C(Nc1cccc2cn[nH]c12)c1ccc(N2CCCC2=O)cc1. The molecule has 2 N–H and O–H groups in total. The third-order valence-corrected chi connectivity index (χ3v) is 4.24. The van der Waals surface area contributed by atoms with Gasteiger partial charge in [0.15, 0.2) is 0 Å². The van der Waals surface area contributed by atoms with Gasteiger partial charge in [0.25, 0.3) is 5.91 Å². The van der Waals surface area contributed by atoms with Crippen LogP contribution >= 0.6 is 0 Å². The molecular formula is C18H16N4O2. The van der Waals surface area contributed by atoms with E-state index in [1.807, 2.05) is 30.3 Å². The number of nitrogens with one attached hydrogen (secondary N) is 2. The van der Waals surface area contributed by atoms with Gasteiger partial charge in [0.2, 0.25) is 5.91 Å². The number of aromatic amines is 1. The highest BCUT2D eigenvalue weighted by Crippen LogP contribution is 2.23. The number of carbonyl (C=O) groups is 2. The maximum Gasteiger partial charge on any atom is 0.255 e. The summed E-state index contributed by atoms with van der Waals surface area (Å²) in [6.45, 7) is 0.742. The standard InChI is InChI=1S/C18H16N4O2/c23-16-5-2-10-22(16)14-8-6-12(7-9-14)18(24)20-15-4-1-3-13-11-19-21-17(13)15/h1,3-4,6-9,11H,2,5,10H2,(H,19,21)(H,20,24). The number of amides is 2. The van der Waals surface area contributed by atoms with Gasteiger partial charge in [-0.3, -0.25) is 14.7 Å². The van der Waals surface area contributed by atoms with Crippen molar-refractivity contribution in [1.82, 2.24) is 10.2 Å². The average molecular weight is 320 g/mol. The van der Waals surface area contributed by atoms with Crippen molar-refractivity contribution < 1.29 is 9.59 Å². The van der Waals surface area contributed by atoms with Crippen molar-refractivity contribution in [1.29, 1.82) is 0 Å². The molecule has 4 rings (SSSR count). The largest absolute Gasteiger partial charge is 0.320 e. The minimum Gasteiger partial charge on any atom is -0.320 e. The first-order valence-corrected chi connectivity index (χ1v) is 7.86. The van der Waals surface area contributed by atoms with Gasteiger partial charge in [-0.1, -0.05) is 12.1 Å². The van der Waals surface area contributed by atoms with Crippen molar-refractivity contribution in [2.75, 3.05) is 16.8 Å². The van der Waals surface area contributed by atoms with E-state index in [2.05, 4.69) is 15.5 Å². The van der Waals surface area contributed by atoms with Gasteiger partial charge in [-0.05, 0) is 36.8 Å². The Hall–Kier alpha value is -3.15. The van der Waals surface area contributed by atoms with Crippen LogP contribution in [0.25, 0.3) is 10.9 Å². The van der Waals surface area contributed by atoms with E-state index in [0.29, 0.717) is 17.7 Å². The van der Waals surface area contributed by atoms with Crippen LogP contribution in [0.3, 0.4) is 0 Å². The first-order chi connectivity index (χ1) is 11.7. The maximum atomic E-state index is 12.5. The Morgan fingerprint density at radius 1 is 1.17 bits per heavy atom. The van der Waals surface area contributed by atoms with Crippen molar-refractivity contribution in [3.8, 4) is 0 Å². The molecular weight excluding hydrogens is 304 g/mol. The second-order valence-electron chi connectivity index (χ2n) is 5.79. The van der Waals surface area contributed by atoms with Gasteiger partial charge < -0.3 is 10.2 Å². The summed E-state index contributed by atoms with van der Waals surface area (Å²) in [6.07, 6.45) is 3.19. The predicted molar refractivity (Wildman–Crippen MR) is 92.1 cm³/mol. The molecule has 3 aromatic rings. The molecule has 2 heterocycles. The van der Waals surface area contributed by atoms with Crippen molar-refractivity contribution in [3.63, 3.8) is 0 Å². The highest BCUT2D eigenvalue weighted by Gasteiger charge is 2.21. The normalized spacial score (nSPS) is 14.3. The van der Waals surface area contributed by atoms with Crippen LogP contribution in [0.2, 0.25) is 0 Å². The Labute approximate surface area is 138 Å². The van der Waals surface area contributed by atoms with Crippen molar-refractivity contribution in [2.45, 2.75) is 12.8 Å². The molecule has 6 nitrogen and oxygen atoms in total. The number of carbonyl (C=O) groups excluding carboxylic acids is 2. The van der Waals surface area contributed by atoms with Crippen LogP contribution in [-0.2, 0) is 4.79 Å². The lowest BCUT2D eigenvalue weighted by Crippen LogP contribution is -2.23. The summed E-state index contributed by atoms with van der Waals surface area (Å²) in [5.41, 5.74) is 2.87. The first kappa shape index (κ1) is 14.4. The molecule has 6 heteroatoms. The molecule has 0 aliphatic carbocycles. The van der Waals surface area contributed by atoms with E-state index >= 15 is 0 Å². The van der Waals surface area contributed by atoms with Crippen LogP contribution in [0.4, 0.5) is 11.4 Å². The van der Waals surface area contributed by atoms with Gasteiger partial charge in [0.05, 0.1) is 17.4 Å². The molecule has 2 amide bonds.